The van der Waals surface area contributed by atoms with Crippen LogP contribution in [0.15, 0.2) is 24.5 Å². The second-order valence-corrected chi connectivity index (χ2v) is 1.78. The first-order valence-electron chi connectivity index (χ1n) is 3.40. The fourth-order valence-corrected chi connectivity index (χ4v) is 0.631. The quantitative estimate of drug-likeness (QED) is 0.465. The smallest absolute Gasteiger partial charge is 0.0982 e. The van der Waals surface area contributed by atoms with Crippen LogP contribution >= 0.6 is 0 Å². The van der Waals surface area contributed by atoms with E-state index in [4.69, 9.17) is 9.84 Å². The minimum Gasteiger partial charge on any atom is -0.498 e. The molecule has 1 N–H and O–H groups in total. The first kappa shape index (κ1) is 9.24. The van der Waals surface area contributed by atoms with Gasteiger partial charge in [-0.05, 0) is 13.0 Å². The first-order valence-corrected chi connectivity index (χ1v) is 3.40. The third kappa shape index (κ3) is 4.15. The van der Waals surface area contributed by atoms with Gasteiger partial charge in [-0.1, -0.05) is 12.7 Å². The summed E-state index contributed by atoms with van der Waals surface area (Å²) in [7, 11) is 0. The summed E-state index contributed by atoms with van der Waals surface area (Å²) in [6.07, 6.45) is 3.99. The van der Waals surface area contributed by atoms with E-state index in [0.717, 1.165) is 5.76 Å². The van der Waals surface area contributed by atoms with E-state index in [1.165, 1.54) is 0 Å². The molecule has 0 rings (SSSR count). The van der Waals surface area contributed by atoms with Crippen molar-refractivity contribution in [3.8, 4) is 0 Å². The zero-order valence-electron chi connectivity index (χ0n) is 6.34. The number of aliphatic hydroxyl groups is 1. The van der Waals surface area contributed by atoms with Crippen molar-refractivity contribution in [2.45, 2.75) is 13.3 Å². The van der Waals surface area contributed by atoms with Crippen LogP contribution in [-0.2, 0) is 4.74 Å². The molecule has 0 aliphatic rings. The summed E-state index contributed by atoms with van der Waals surface area (Å²) in [6, 6.07) is 0. The maximum absolute atomic E-state index is 8.53. The van der Waals surface area contributed by atoms with Crippen LogP contribution < -0.4 is 0 Å². The van der Waals surface area contributed by atoms with Crippen molar-refractivity contribution in [3.63, 3.8) is 0 Å². The molecule has 2 nitrogen and oxygen atoms in total. The Balaban J connectivity index is 3.71. The Kier molecular flexibility index (Phi) is 5.88. The van der Waals surface area contributed by atoms with Crippen molar-refractivity contribution < 1.29 is 9.84 Å². The molecule has 0 radical (unpaired) electrons. The number of aliphatic hydroxyl groups excluding tert-OH is 1. The van der Waals surface area contributed by atoms with Crippen molar-refractivity contribution in [1.29, 1.82) is 0 Å². The fraction of sp³-hybridized carbons (Fsp3) is 0.500. The lowest BCUT2D eigenvalue weighted by atomic mass is 10.3. The highest BCUT2D eigenvalue weighted by Gasteiger charge is 1.92. The van der Waals surface area contributed by atoms with E-state index in [-0.39, 0.29) is 6.61 Å². The molecular formula is C8H14O2. The number of hydrogen-bond acceptors (Lipinski definition) is 2. The standard InChI is InChI=1S/C8H14O2/c1-3-5-8(6-7-9)10-4-2/h3,5,9H,1,4,6-7H2,2H3/b8-5+. The molecule has 0 heterocycles. The highest BCUT2D eigenvalue weighted by molar-refractivity contribution is 5.04. The lowest BCUT2D eigenvalue weighted by Crippen LogP contribution is -1.94. The molecule has 0 saturated carbocycles. The summed E-state index contributed by atoms with van der Waals surface area (Å²) in [4.78, 5) is 0. The molecule has 0 aromatic rings. The van der Waals surface area contributed by atoms with Gasteiger partial charge in [0.25, 0.3) is 0 Å². The summed E-state index contributed by atoms with van der Waals surface area (Å²) in [5.74, 6) is 0.792. The van der Waals surface area contributed by atoms with Gasteiger partial charge in [-0.3, -0.25) is 0 Å². The molecule has 58 valence electrons. The van der Waals surface area contributed by atoms with Crippen molar-refractivity contribution in [2.75, 3.05) is 13.2 Å². The number of ether oxygens (including phenoxy) is 1. The average molecular weight is 142 g/mol. The van der Waals surface area contributed by atoms with E-state index in [0.29, 0.717) is 13.0 Å². The lowest BCUT2D eigenvalue weighted by molar-refractivity contribution is 0.194. The Hall–Kier alpha value is -0.760. The van der Waals surface area contributed by atoms with Crippen LogP contribution in [0.25, 0.3) is 0 Å². The normalized spacial score (nSPS) is 11.2. The Morgan fingerprint density at radius 3 is 2.80 bits per heavy atom. The largest absolute Gasteiger partial charge is 0.498 e. The van der Waals surface area contributed by atoms with Gasteiger partial charge in [0.2, 0.25) is 0 Å². The zero-order chi connectivity index (χ0) is 7.82. The van der Waals surface area contributed by atoms with Gasteiger partial charge < -0.3 is 9.84 Å². The van der Waals surface area contributed by atoms with E-state index >= 15 is 0 Å². The average Bonchev–Trinajstić information content (AvgIpc) is 1.90. The minimum atomic E-state index is 0.125. The molecule has 0 aromatic carbocycles. The van der Waals surface area contributed by atoms with Gasteiger partial charge in [-0.25, -0.2) is 0 Å². The van der Waals surface area contributed by atoms with Gasteiger partial charge in [0.15, 0.2) is 0 Å². The van der Waals surface area contributed by atoms with Gasteiger partial charge in [0.05, 0.1) is 19.0 Å². The number of allylic oxidation sites excluding steroid dienone is 2. The van der Waals surface area contributed by atoms with Crippen LogP contribution in [-0.4, -0.2) is 18.3 Å². The van der Waals surface area contributed by atoms with Crippen molar-refractivity contribution in [1.82, 2.24) is 0 Å². The molecule has 0 unspecified atom stereocenters. The molecule has 0 amide bonds. The van der Waals surface area contributed by atoms with Gasteiger partial charge in [-0.15, -0.1) is 0 Å². The predicted octanol–water partition coefficient (Wildman–Crippen LogP) is 1.48. The minimum absolute atomic E-state index is 0.125. The van der Waals surface area contributed by atoms with Gasteiger partial charge in [0.1, 0.15) is 0 Å². The van der Waals surface area contributed by atoms with Crippen LogP contribution in [0, 0.1) is 0 Å². The second kappa shape index (κ2) is 6.36. The maximum Gasteiger partial charge on any atom is 0.0982 e. The SMILES string of the molecule is C=C/C=C(\CCO)OCC. The number of rotatable bonds is 5. The molecule has 0 aliphatic heterocycles. The van der Waals surface area contributed by atoms with Crippen LogP contribution in [0.2, 0.25) is 0 Å². The molecule has 0 bridgehead atoms. The number of hydrogen-bond donors (Lipinski definition) is 1. The Morgan fingerprint density at radius 2 is 2.40 bits per heavy atom. The molecule has 0 atom stereocenters. The van der Waals surface area contributed by atoms with E-state index < -0.39 is 0 Å². The summed E-state index contributed by atoms with van der Waals surface area (Å²) >= 11 is 0. The second-order valence-electron chi connectivity index (χ2n) is 1.78. The highest BCUT2D eigenvalue weighted by Crippen LogP contribution is 2.01. The van der Waals surface area contributed by atoms with Crippen LogP contribution in [0.5, 0.6) is 0 Å². The van der Waals surface area contributed by atoms with Crippen molar-refractivity contribution in [2.24, 2.45) is 0 Å². The van der Waals surface area contributed by atoms with Crippen LogP contribution in [0.1, 0.15) is 13.3 Å². The summed E-state index contributed by atoms with van der Waals surface area (Å²) < 4.78 is 5.15. The molecule has 0 aliphatic carbocycles. The van der Waals surface area contributed by atoms with Crippen LogP contribution in [0.4, 0.5) is 0 Å². The third-order valence-corrected chi connectivity index (χ3v) is 0.992. The molecule has 0 fully saturated rings. The van der Waals surface area contributed by atoms with E-state index in [1.807, 2.05) is 6.92 Å². The summed E-state index contributed by atoms with van der Waals surface area (Å²) in [6.45, 7) is 6.20. The predicted molar refractivity (Wildman–Crippen MR) is 41.6 cm³/mol. The van der Waals surface area contributed by atoms with Crippen LogP contribution in [0.3, 0.4) is 0 Å². The van der Waals surface area contributed by atoms with Gasteiger partial charge >= 0.3 is 0 Å². The first-order chi connectivity index (χ1) is 4.85. The van der Waals surface area contributed by atoms with E-state index in [9.17, 15) is 0 Å². The van der Waals surface area contributed by atoms with Crippen molar-refractivity contribution >= 4 is 0 Å². The van der Waals surface area contributed by atoms with Crippen molar-refractivity contribution in [3.05, 3.63) is 24.5 Å². The maximum atomic E-state index is 8.53. The molecule has 2 heteroatoms. The molecule has 0 saturated heterocycles. The topological polar surface area (TPSA) is 29.5 Å². The molecule has 10 heavy (non-hydrogen) atoms. The molecular weight excluding hydrogens is 128 g/mol. The highest BCUT2D eigenvalue weighted by atomic mass is 16.5. The van der Waals surface area contributed by atoms with E-state index in [1.54, 1.807) is 12.2 Å². The van der Waals surface area contributed by atoms with Gasteiger partial charge in [0, 0.05) is 6.42 Å². The van der Waals surface area contributed by atoms with E-state index in [2.05, 4.69) is 6.58 Å². The zero-order valence-corrected chi connectivity index (χ0v) is 6.34. The fourth-order valence-electron chi connectivity index (χ4n) is 0.631. The summed E-state index contributed by atoms with van der Waals surface area (Å²) in [5, 5.41) is 8.53. The monoisotopic (exact) mass is 142 g/mol. The third-order valence-electron chi connectivity index (χ3n) is 0.992. The molecule has 0 spiro atoms. The lowest BCUT2D eigenvalue weighted by Gasteiger charge is -2.04. The Morgan fingerprint density at radius 1 is 1.70 bits per heavy atom. The van der Waals surface area contributed by atoms with Gasteiger partial charge in [-0.2, -0.15) is 0 Å². The molecule has 0 aromatic heterocycles. The Bertz CT molecular complexity index is 108. The Labute approximate surface area is 61.8 Å². The summed E-state index contributed by atoms with van der Waals surface area (Å²) in [5.41, 5.74) is 0.